The number of rotatable bonds is 1. The van der Waals surface area contributed by atoms with E-state index in [1.807, 2.05) is 6.92 Å². The second-order valence-electron chi connectivity index (χ2n) is 3.18. The van der Waals surface area contributed by atoms with Crippen molar-refractivity contribution in [2.45, 2.75) is 19.9 Å². The quantitative estimate of drug-likeness (QED) is 0.783. The van der Waals surface area contributed by atoms with Crippen LogP contribution in [-0.4, -0.2) is 22.9 Å². The topological polar surface area (TPSA) is 29.9 Å². The summed E-state index contributed by atoms with van der Waals surface area (Å²) in [7, 11) is 0. The maximum atomic E-state index is 4.41. The highest BCUT2D eigenvalue weighted by molar-refractivity contribution is 5.85. The Bertz CT molecular complexity index is 268. The van der Waals surface area contributed by atoms with Crippen LogP contribution < -0.4 is 5.32 Å². The van der Waals surface area contributed by atoms with Crippen LogP contribution in [0.4, 0.5) is 0 Å². The van der Waals surface area contributed by atoms with E-state index in [1.165, 1.54) is 5.69 Å². The van der Waals surface area contributed by atoms with Gasteiger partial charge in [-0.3, -0.25) is 4.68 Å². The fourth-order valence-corrected chi connectivity index (χ4v) is 1.46. The van der Waals surface area contributed by atoms with Crippen LogP contribution in [0.25, 0.3) is 0 Å². The molecule has 1 fully saturated rings. The van der Waals surface area contributed by atoms with E-state index in [0.717, 1.165) is 18.8 Å². The molecule has 5 heteroatoms. The number of nitrogens with one attached hydrogen (secondary N) is 1. The van der Waals surface area contributed by atoms with E-state index in [2.05, 4.69) is 28.1 Å². The zero-order valence-electron chi connectivity index (χ0n) is 7.78. The Labute approximate surface area is 90.7 Å². The molecule has 1 aliphatic heterocycles. The number of halogens is 2. The molecule has 1 aromatic rings. The Balaban J connectivity index is 0.000000720. The van der Waals surface area contributed by atoms with Crippen LogP contribution >= 0.6 is 24.8 Å². The summed E-state index contributed by atoms with van der Waals surface area (Å²) in [5.74, 6) is 0. The molecule has 1 saturated heterocycles. The Kier molecular flexibility index (Phi) is 4.75. The molecule has 1 aromatic heterocycles. The van der Waals surface area contributed by atoms with Gasteiger partial charge in [0.05, 0.1) is 11.7 Å². The molecule has 0 bridgehead atoms. The highest BCUT2D eigenvalue weighted by Crippen LogP contribution is 2.13. The maximum Gasteiger partial charge on any atom is 0.0770 e. The normalized spacial score (nSPS) is 15.5. The second kappa shape index (κ2) is 4.84. The fraction of sp³-hybridized carbons (Fsp3) is 0.625. The van der Waals surface area contributed by atoms with Gasteiger partial charge in [-0.05, 0) is 19.9 Å². The first-order valence-corrected chi connectivity index (χ1v) is 4.01. The van der Waals surface area contributed by atoms with Crippen molar-refractivity contribution >= 4 is 24.8 Å². The zero-order valence-corrected chi connectivity index (χ0v) is 9.41. The van der Waals surface area contributed by atoms with E-state index in [1.54, 1.807) is 0 Å². The van der Waals surface area contributed by atoms with Gasteiger partial charge >= 0.3 is 0 Å². The van der Waals surface area contributed by atoms with Gasteiger partial charge in [0, 0.05) is 18.8 Å². The predicted molar refractivity (Wildman–Crippen MR) is 58.1 cm³/mol. The number of hydrogen-bond donors (Lipinski definition) is 1. The summed E-state index contributed by atoms with van der Waals surface area (Å²) in [6.45, 7) is 6.29. The summed E-state index contributed by atoms with van der Waals surface area (Å²) < 4.78 is 2.12. The molecule has 3 nitrogen and oxygen atoms in total. The van der Waals surface area contributed by atoms with Crippen LogP contribution in [0.5, 0.6) is 0 Å². The minimum absolute atomic E-state index is 0. The molecule has 0 atom stereocenters. The molecule has 2 rings (SSSR count). The molecule has 0 radical (unpaired) electrons. The summed E-state index contributed by atoms with van der Waals surface area (Å²) in [5, 5.41) is 7.64. The van der Waals surface area contributed by atoms with Gasteiger partial charge in [0.15, 0.2) is 0 Å². The monoisotopic (exact) mass is 223 g/mol. The Morgan fingerprint density at radius 1 is 1.38 bits per heavy atom. The molecule has 1 N–H and O–H groups in total. The third-order valence-corrected chi connectivity index (χ3v) is 2.15. The molecule has 0 aromatic carbocycles. The minimum Gasteiger partial charge on any atom is -0.312 e. The van der Waals surface area contributed by atoms with E-state index in [9.17, 15) is 0 Å². The zero-order chi connectivity index (χ0) is 7.84. The molecule has 0 amide bonds. The van der Waals surface area contributed by atoms with Crippen LogP contribution in [-0.2, 0) is 0 Å². The smallest absolute Gasteiger partial charge is 0.0770 e. The average Bonchev–Trinajstić information content (AvgIpc) is 2.07. The summed E-state index contributed by atoms with van der Waals surface area (Å²) in [5.41, 5.74) is 2.39. The Morgan fingerprint density at radius 2 is 2.00 bits per heavy atom. The molecule has 2 heterocycles. The standard InChI is InChI=1S/C8H13N3.2ClH/c1-6-3-7(2)11(10-6)8-4-9-5-8;;/h3,8-9H,4-5H2,1-2H3;2*1H. The van der Waals surface area contributed by atoms with E-state index < -0.39 is 0 Å². The first kappa shape index (κ1) is 12.8. The lowest BCUT2D eigenvalue weighted by molar-refractivity contribution is 0.312. The van der Waals surface area contributed by atoms with Crippen molar-refractivity contribution in [3.05, 3.63) is 17.5 Å². The second-order valence-corrected chi connectivity index (χ2v) is 3.18. The number of aromatic nitrogens is 2. The fourth-order valence-electron chi connectivity index (χ4n) is 1.46. The van der Waals surface area contributed by atoms with Crippen LogP contribution in [0.3, 0.4) is 0 Å². The van der Waals surface area contributed by atoms with Gasteiger partial charge in [-0.1, -0.05) is 0 Å². The minimum atomic E-state index is 0. The summed E-state index contributed by atoms with van der Waals surface area (Å²) in [4.78, 5) is 0. The van der Waals surface area contributed by atoms with Crippen molar-refractivity contribution in [3.63, 3.8) is 0 Å². The number of aryl methyl sites for hydroxylation is 2. The Hall–Kier alpha value is -0.250. The van der Waals surface area contributed by atoms with Crippen molar-refractivity contribution in [2.24, 2.45) is 0 Å². The van der Waals surface area contributed by atoms with Gasteiger partial charge < -0.3 is 5.32 Å². The average molecular weight is 224 g/mol. The summed E-state index contributed by atoms with van der Waals surface area (Å²) in [6, 6.07) is 2.72. The van der Waals surface area contributed by atoms with Crippen LogP contribution in [0.1, 0.15) is 17.4 Å². The van der Waals surface area contributed by atoms with E-state index in [0.29, 0.717) is 6.04 Å². The number of nitrogens with zero attached hydrogens (tertiary/aromatic N) is 2. The third-order valence-electron chi connectivity index (χ3n) is 2.15. The van der Waals surface area contributed by atoms with Crippen molar-refractivity contribution in [1.29, 1.82) is 0 Å². The lowest BCUT2D eigenvalue weighted by atomic mass is 10.2. The molecule has 1 aliphatic rings. The van der Waals surface area contributed by atoms with Crippen LogP contribution in [0, 0.1) is 13.8 Å². The van der Waals surface area contributed by atoms with Gasteiger partial charge in [0.2, 0.25) is 0 Å². The lowest BCUT2D eigenvalue weighted by Crippen LogP contribution is -2.44. The molecule has 0 spiro atoms. The van der Waals surface area contributed by atoms with E-state index >= 15 is 0 Å². The summed E-state index contributed by atoms with van der Waals surface area (Å²) in [6.07, 6.45) is 0. The van der Waals surface area contributed by atoms with Gasteiger partial charge in [-0.15, -0.1) is 24.8 Å². The van der Waals surface area contributed by atoms with Crippen molar-refractivity contribution < 1.29 is 0 Å². The van der Waals surface area contributed by atoms with E-state index in [4.69, 9.17) is 0 Å². The molecular weight excluding hydrogens is 209 g/mol. The first-order valence-electron chi connectivity index (χ1n) is 4.01. The molecule has 0 aliphatic carbocycles. The molecule has 0 saturated carbocycles. The summed E-state index contributed by atoms with van der Waals surface area (Å²) >= 11 is 0. The van der Waals surface area contributed by atoms with Gasteiger partial charge in [-0.25, -0.2) is 0 Å². The molecular formula is C8H15Cl2N3. The van der Waals surface area contributed by atoms with Gasteiger partial charge in [0.25, 0.3) is 0 Å². The largest absolute Gasteiger partial charge is 0.312 e. The number of hydrogen-bond acceptors (Lipinski definition) is 2. The molecule has 13 heavy (non-hydrogen) atoms. The van der Waals surface area contributed by atoms with Gasteiger partial charge in [0.1, 0.15) is 0 Å². The van der Waals surface area contributed by atoms with Crippen LogP contribution in [0.2, 0.25) is 0 Å². The SMILES string of the molecule is Cc1cc(C)n(C2CNC2)n1.Cl.Cl. The lowest BCUT2D eigenvalue weighted by Gasteiger charge is -2.28. The van der Waals surface area contributed by atoms with Crippen molar-refractivity contribution in [3.8, 4) is 0 Å². The first-order chi connectivity index (χ1) is 5.27. The predicted octanol–water partition coefficient (Wildman–Crippen LogP) is 1.49. The van der Waals surface area contributed by atoms with Crippen molar-refractivity contribution in [2.75, 3.05) is 13.1 Å². The van der Waals surface area contributed by atoms with Crippen LogP contribution in [0.15, 0.2) is 6.07 Å². The molecule has 76 valence electrons. The Morgan fingerprint density at radius 3 is 2.31 bits per heavy atom. The van der Waals surface area contributed by atoms with Gasteiger partial charge in [-0.2, -0.15) is 5.10 Å². The highest BCUT2D eigenvalue weighted by atomic mass is 35.5. The molecule has 0 unspecified atom stereocenters. The third kappa shape index (κ3) is 2.36. The van der Waals surface area contributed by atoms with Crippen molar-refractivity contribution in [1.82, 2.24) is 15.1 Å². The maximum absolute atomic E-state index is 4.41. The van der Waals surface area contributed by atoms with E-state index in [-0.39, 0.29) is 24.8 Å². The highest BCUT2D eigenvalue weighted by Gasteiger charge is 2.20.